The highest BCUT2D eigenvalue weighted by Crippen LogP contribution is 2.68. The van der Waals surface area contributed by atoms with Crippen LogP contribution < -0.4 is 0 Å². The van der Waals surface area contributed by atoms with Crippen LogP contribution in [0.5, 0.6) is 0 Å². The second-order valence-electron chi connectivity index (χ2n) is 13.5. The Morgan fingerprint density at radius 3 is 1.97 bits per heavy atom. The van der Waals surface area contributed by atoms with Gasteiger partial charge < -0.3 is 25.5 Å². The van der Waals surface area contributed by atoms with Gasteiger partial charge in [0.2, 0.25) is 0 Å². The Labute approximate surface area is 201 Å². The van der Waals surface area contributed by atoms with Crippen molar-refractivity contribution in [1.82, 2.24) is 0 Å². The summed E-state index contributed by atoms with van der Waals surface area (Å²) >= 11 is 0. The molecule has 0 saturated heterocycles. The number of hydrogen-bond donors (Lipinski definition) is 5. The molecule has 4 aliphatic rings. The molecule has 5 nitrogen and oxygen atoms in total. The monoisotopic (exact) mass is 466 g/mol. The summed E-state index contributed by atoms with van der Waals surface area (Å²) in [5, 5.41) is 54.0. The SMILES string of the molecule is CC(C)[C@H](C)[C@@H](O)[C@H](O)[C@@H](C)[C@H]1CC[C@H]2[C@@H]3C[C@@H](O)[C@H]4C[C@H](O)[C@H](O)C[C@]4(C)[C@H]3CC[C@]12C. The molecule has 0 bridgehead atoms. The Morgan fingerprint density at radius 2 is 1.33 bits per heavy atom. The standard InChI is InChI=1S/C28H50O5/c1-14(2)15(3)25(32)26(33)16(4)18-7-8-19-17-11-22(29)21-12-23(30)24(31)13-28(21,6)20(17)9-10-27(18,19)5/h14-26,29-33H,7-13H2,1-6H3/t15-,16-,17-,18+,19-,20-,21+,22+,23-,24+,25+,26+,27+,28+/m0/s1. The third-order valence-corrected chi connectivity index (χ3v) is 11.9. The molecule has 4 rings (SSSR count). The lowest BCUT2D eigenvalue weighted by atomic mass is 9.43. The van der Waals surface area contributed by atoms with E-state index in [1.165, 1.54) is 0 Å². The number of fused-ring (bicyclic) bond motifs is 5. The minimum absolute atomic E-state index is 0.0382. The van der Waals surface area contributed by atoms with Gasteiger partial charge in [0.25, 0.3) is 0 Å². The van der Waals surface area contributed by atoms with Gasteiger partial charge >= 0.3 is 0 Å². The molecule has 33 heavy (non-hydrogen) atoms. The summed E-state index contributed by atoms with van der Waals surface area (Å²) in [4.78, 5) is 0. The zero-order valence-corrected chi connectivity index (χ0v) is 21.7. The molecule has 5 N–H and O–H groups in total. The number of aliphatic hydroxyl groups excluding tert-OH is 5. The molecule has 0 radical (unpaired) electrons. The minimum Gasteiger partial charge on any atom is -0.393 e. The van der Waals surface area contributed by atoms with Gasteiger partial charge in [-0.1, -0.05) is 41.5 Å². The van der Waals surface area contributed by atoms with Gasteiger partial charge in [0.15, 0.2) is 0 Å². The van der Waals surface area contributed by atoms with Crippen LogP contribution in [0.2, 0.25) is 0 Å². The van der Waals surface area contributed by atoms with Crippen LogP contribution in [-0.2, 0) is 0 Å². The summed E-state index contributed by atoms with van der Waals surface area (Å²) in [6.45, 7) is 13.0. The highest BCUT2D eigenvalue weighted by atomic mass is 16.3. The predicted octanol–water partition coefficient (Wildman–Crippen LogP) is 3.60. The molecule has 0 amide bonds. The van der Waals surface area contributed by atoms with Crippen molar-refractivity contribution in [2.24, 2.45) is 58.2 Å². The van der Waals surface area contributed by atoms with E-state index in [1.54, 1.807) is 0 Å². The Bertz CT molecular complexity index is 698. The van der Waals surface area contributed by atoms with Crippen molar-refractivity contribution < 1.29 is 25.5 Å². The zero-order chi connectivity index (χ0) is 24.5. The Balaban J connectivity index is 1.55. The third kappa shape index (κ3) is 4.02. The van der Waals surface area contributed by atoms with Crippen molar-refractivity contribution in [2.75, 3.05) is 0 Å². The van der Waals surface area contributed by atoms with Crippen molar-refractivity contribution in [2.45, 2.75) is 117 Å². The van der Waals surface area contributed by atoms with Gasteiger partial charge in [-0.05, 0) is 103 Å². The molecule has 0 unspecified atom stereocenters. The van der Waals surface area contributed by atoms with Gasteiger partial charge in [-0.15, -0.1) is 0 Å². The zero-order valence-electron chi connectivity index (χ0n) is 21.7. The van der Waals surface area contributed by atoms with Gasteiger partial charge in [0.05, 0.1) is 30.5 Å². The van der Waals surface area contributed by atoms with E-state index in [0.717, 1.165) is 32.1 Å². The predicted molar refractivity (Wildman–Crippen MR) is 129 cm³/mol. The van der Waals surface area contributed by atoms with E-state index in [1.807, 2.05) is 6.92 Å². The molecular weight excluding hydrogens is 416 g/mol. The van der Waals surface area contributed by atoms with E-state index in [2.05, 4.69) is 34.6 Å². The maximum atomic E-state index is 11.2. The largest absolute Gasteiger partial charge is 0.393 e. The van der Waals surface area contributed by atoms with Crippen molar-refractivity contribution in [3.05, 3.63) is 0 Å². The number of aliphatic hydroxyl groups is 5. The molecule has 0 aromatic heterocycles. The molecule has 0 aromatic rings. The van der Waals surface area contributed by atoms with Crippen molar-refractivity contribution in [3.8, 4) is 0 Å². The minimum atomic E-state index is -0.721. The smallest absolute Gasteiger partial charge is 0.0830 e. The van der Waals surface area contributed by atoms with E-state index < -0.39 is 30.5 Å². The molecule has 4 aliphatic carbocycles. The highest BCUT2D eigenvalue weighted by Gasteiger charge is 2.63. The summed E-state index contributed by atoms with van der Waals surface area (Å²) in [5.41, 5.74) is -0.0213. The molecule has 0 aliphatic heterocycles. The molecule has 192 valence electrons. The summed E-state index contributed by atoms with van der Waals surface area (Å²) in [6.07, 6.45) is 3.01. The first-order chi connectivity index (χ1) is 15.3. The van der Waals surface area contributed by atoms with Crippen LogP contribution in [0.1, 0.15) is 86.5 Å². The molecule has 4 saturated carbocycles. The lowest BCUT2D eigenvalue weighted by Crippen LogP contribution is -2.60. The van der Waals surface area contributed by atoms with Crippen LogP contribution in [0.4, 0.5) is 0 Å². The molecule has 5 heteroatoms. The van der Waals surface area contributed by atoms with Crippen LogP contribution in [0.25, 0.3) is 0 Å². The fraction of sp³-hybridized carbons (Fsp3) is 1.00. The first-order valence-corrected chi connectivity index (χ1v) is 13.7. The van der Waals surface area contributed by atoms with Crippen molar-refractivity contribution in [1.29, 1.82) is 0 Å². The van der Waals surface area contributed by atoms with Crippen LogP contribution in [0.15, 0.2) is 0 Å². The van der Waals surface area contributed by atoms with E-state index in [-0.39, 0.29) is 28.6 Å². The average Bonchev–Trinajstić information content (AvgIpc) is 3.10. The topological polar surface area (TPSA) is 101 Å². The van der Waals surface area contributed by atoms with E-state index in [4.69, 9.17) is 0 Å². The van der Waals surface area contributed by atoms with Gasteiger partial charge in [0, 0.05) is 0 Å². The molecule has 0 spiro atoms. The van der Waals surface area contributed by atoms with Gasteiger partial charge in [-0.25, -0.2) is 0 Å². The lowest BCUT2D eigenvalue weighted by Gasteiger charge is -2.63. The Kier molecular flexibility index (Phi) is 7.08. The lowest BCUT2D eigenvalue weighted by molar-refractivity contribution is -0.197. The second-order valence-corrected chi connectivity index (χ2v) is 13.5. The number of rotatable bonds is 5. The van der Waals surface area contributed by atoms with Gasteiger partial charge in [0.1, 0.15) is 0 Å². The van der Waals surface area contributed by atoms with E-state index >= 15 is 0 Å². The van der Waals surface area contributed by atoms with Gasteiger partial charge in [-0.2, -0.15) is 0 Å². The van der Waals surface area contributed by atoms with Crippen LogP contribution in [0.3, 0.4) is 0 Å². The molecule has 0 aromatic carbocycles. The highest BCUT2D eigenvalue weighted by molar-refractivity contribution is 5.12. The average molecular weight is 467 g/mol. The van der Waals surface area contributed by atoms with Crippen LogP contribution in [0, 0.1) is 58.2 Å². The Morgan fingerprint density at radius 1 is 0.697 bits per heavy atom. The van der Waals surface area contributed by atoms with E-state index in [9.17, 15) is 25.5 Å². The summed E-state index contributed by atoms with van der Waals surface area (Å²) < 4.78 is 0. The first kappa shape index (κ1) is 25.9. The third-order valence-electron chi connectivity index (χ3n) is 11.9. The van der Waals surface area contributed by atoms with Crippen molar-refractivity contribution in [3.63, 3.8) is 0 Å². The fourth-order valence-electron chi connectivity index (χ4n) is 9.48. The first-order valence-electron chi connectivity index (χ1n) is 13.7. The summed E-state index contributed by atoms with van der Waals surface area (Å²) in [6, 6.07) is 0. The quantitative estimate of drug-likeness (QED) is 0.426. The summed E-state index contributed by atoms with van der Waals surface area (Å²) in [5.74, 6) is 2.25. The molecule has 14 atom stereocenters. The van der Waals surface area contributed by atoms with E-state index in [0.29, 0.717) is 42.4 Å². The second kappa shape index (κ2) is 9.03. The van der Waals surface area contributed by atoms with Crippen LogP contribution in [-0.4, -0.2) is 56.1 Å². The van der Waals surface area contributed by atoms with Crippen molar-refractivity contribution >= 4 is 0 Å². The number of hydrogen-bond acceptors (Lipinski definition) is 5. The fourth-order valence-corrected chi connectivity index (χ4v) is 9.48. The Hall–Kier alpha value is -0.200. The molecular formula is C28H50O5. The van der Waals surface area contributed by atoms with Gasteiger partial charge in [-0.3, -0.25) is 0 Å². The maximum absolute atomic E-state index is 11.2. The van der Waals surface area contributed by atoms with Crippen LogP contribution >= 0.6 is 0 Å². The maximum Gasteiger partial charge on any atom is 0.0830 e. The molecule has 0 heterocycles. The summed E-state index contributed by atoms with van der Waals surface area (Å²) in [7, 11) is 0. The normalized spacial score (nSPS) is 51.3. The molecule has 4 fully saturated rings.